The predicted molar refractivity (Wildman–Crippen MR) is 92.8 cm³/mol. The minimum atomic E-state index is -0.615. The Morgan fingerprint density at radius 1 is 1.08 bits per heavy atom. The Morgan fingerprint density at radius 3 is 2.27 bits per heavy atom. The summed E-state index contributed by atoms with van der Waals surface area (Å²) in [6.45, 7) is 0. The first-order chi connectivity index (χ1) is 12.4. The van der Waals surface area contributed by atoms with Crippen LogP contribution in [0.15, 0.2) is 36.4 Å². The molecular weight excluding hydrogens is 342 g/mol. The van der Waals surface area contributed by atoms with Crippen molar-refractivity contribution >= 4 is 23.0 Å². The number of methoxy groups -OCH3 is 2. The second-order valence-electron chi connectivity index (χ2n) is 5.00. The Labute approximate surface area is 148 Å². The van der Waals surface area contributed by atoms with Gasteiger partial charge in [-0.1, -0.05) is 12.1 Å². The molecule has 0 aliphatic carbocycles. The number of non-ortho nitro benzene ring substituents is 1. The zero-order valence-electron chi connectivity index (χ0n) is 13.8. The minimum absolute atomic E-state index is 0.0315. The maximum Gasteiger partial charge on any atom is 0.280 e. The quantitative estimate of drug-likeness (QED) is 0.335. The van der Waals surface area contributed by atoms with Crippen LogP contribution in [0.3, 0.4) is 0 Å². The van der Waals surface area contributed by atoms with Crippen molar-refractivity contribution in [3.05, 3.63) is 67.8 Å². The lowest BCUT2D eigenvalue weighted by molar-refractivity contribution is -0.385. The standard InChI is InChI=1S/C17H13N3O6/c1-25-16-8-12(15(20(23)24)9-17(16)26-2)6-13(10-18)11-4-3-5-14(7-11)19(21)22/h3-9H,1-2H3. The van der Waals surface area contributed by atoms with Gasteiger partial charge < -0.3 is 9.47 Å². The lowest BCUT2D eigenvalue weighted by atomic mass is 10.0. The van der Waals surface area contributed by atoms with E-state index in [0.717, 1.165) is 0 Å². The third-order valence-corrected chi connectivity index (χ3v) is 3.52. The van der Waals surface area contributed by atoms with E-state index in [1.807, 2.05) is 6.07 Å². The molecule has 0 heterocycles. The molecule has 0 aliphatic heterocycles. The van der Waals surface area contributed by atoms with E-state index in [9.17, 15) is 25.5 Å². The zero-order chi connectivity index (χ0) is 19.3. The molecule has 0 spiro atoms. The Balaban J connectivity index is 2.65. The average Bonchev–Trinajstić information content (AvgIpc) is 2.65. The molecule has 0 aromatic heterocycles. The molecule has 9 heteroatoms. The van der Waals surface area contributed by atoms with Crippen LogP contribution in [0, 0.1) is 31.6 Å². The highest BCUT2D eigenvalue weighted by Crippen LogP contribution is 2.36. The summed E-state index contributed by atoms with van der Waals surface area (Å²) in [6.07, 6.45) is 1.28. The van der Waals surface area contributed by atoms with Gasteiger partial charge in [0.05, 0.1) is 47.3 Å². The van der Waals surface area contributed by atoms with Gasteiger partial charge in [-0.05, 0) is 17.7 Å². The fourth-order valence-corrected chi connectivity index (χ4v) is 2.28. The maximum atomic E-state index is 11.3. The van der Waals surface area contributed by atoms with Crippen molar-refractivity contribution in [1.29, 1.82) is 5.26 Å². The van der Waals surface area contributed by atoms with Gasteiger partial charge in [-0.15, -0.1) is 0 Å². The maximum absolute atomic E-state index is 11.3. The molecule has 2 aromatic rings. The number of nitro benzene ring substituents is 2. The van der Waals surface area contributed by atoms with Crippen LogP contribution in [0.4, 0.5) is 11.4 Å². The largest absolute Gasteiger partial charge is 0.493 e. The first kappa shape index (κ1) is 18.4. The van der Waals surface area contributed by atoms with Gasteiger partial charge >= 0.3 is 0 Å². The molecule has 0 fully saturated rings. The molecule has 0 N–H and O–H groups in total. The molecule has 0 unspecified atom stereocenters. The molecule has 2 aromatic carbocycles. The summed E-state index contributed by atoms with van der Waals surface area (Å²) >= 11 is 0. The molecule has 0 saturated heterocycles. The van der Waals surface area contributed by atoms with Gasteiger partial charge in [0, 0.05) is 12.1 Å². The number of nitriles is 1. The fraction of sp³-hybridized carbons (Fsp3) is 0.118. The number of nitro groups is 2. The SMILES string of the molecule is COc1cc(C=C(C#N)c2cccc([N+](=O)[O-])c2)c([N+](=O)[O-])cc1OC. The molecule has 132 valence electrons. The summed E-state index contributed by atoms with van der Waals surface area (Å²) in [7, 11) is 2.73. The van der Waals surface area contributed by atoms with Crippen molar-refractivity contribution in [2.45, 2.75) is 0 Å². The van der Waals surface area contributed by atoms with Crippen LogP contribution >= 0.6 is 0 Å². The molecule has 9 nitrogen and oxygen atoms in total. The summed E-state index contributed by atoms with van der Waals surface area (Å²) in [5, 5.41) is 31.7. The molecular formula is C17H13N3O6. The van der Waals surface area contributed by atoms with Gasteiger partial charge in [-0.25, -0.2) is 0 Å². The first-order valence-corrected chi connectivity index (χ1v) is 7.18. The van der Waals surface area contributed by atoms with E-state index in [1.165, 1.54) is 56.7 Å². The Hall–Kier alpha value is -3.93. The first-order valence-electron chi connectivity index (χ1n) is 7.18. The summed E-state index contributed by atoms with van der Waals surface area (Å²) in [6, 6.07) is 9.92. The third-order valence-electron chi connectivity index (χ3n) is 3.52. The topological polar surface area (TPSA) is 129 Å². The van der Waals surface area contributed by atoms with Crippen molar-refractivity contribution in [3.63, 3.8) is 0 Å². The van der Waals surface area contributed by atoms with Crippen molar-refractivity contribution < 1.29 is 19.3 Å². The smallest absolute Gasteiger partial charge is 0.280 e. The van der Waals surface area contributed by atoms with Crippen molar-refractivity contribution in [2.75, 3.05) is 14.2 Å². The van der Waals surface area contributed by atoms with Gasteiger partial charge in [-0.2, -0.15) is 5.26 Å². The molecule has 0 bridgehead atoms. The minimum Gasteiger partial charge on any atom is -0.493 e. The third kappa shape index (κ3) is 3.76. The van der Waals surface area contributed by atoms with Crippen molar-refractivity contribution in [3.8, 4) is 17.6 Å². The van der Waals surface area contributed by atoms with Crippen LogP contribution in [0.25, 0.3) is 11.6 Å². The van der Waals surface area contributed by atoms with E-state index in [-0.39, 0.29) is 39.6 Å². The highest BCUT2D eigenvalue weighted by atomic mass is 16.6. The Morgan fingerprint density at radius 2 is 1.73 bits per heavy atom. The van der Waals surface area contributed by atoms with Crippen LogP contribution < -0.4 is 9.47 Å². The number of nitrogens with zero attached hydrogens (tertiary/aromatic N) is 3. The van der Waals surface area contributed by atoms with Gasteiger partial charge in [-0.3, -0.25) is 20.2 Å². The van der Waals surface area contributed by atoms with E-state index in [2.05, 4.69) is 0 Å². The number of rotatable bonds is 6. The number of ether oxygens (including phenoxy) is 2. The van der Waals surface area contributed by atoms with Crippen LogP contribution in [0.2, 0.25) is 0 Å². The molecule has 0 amide bonds. The van der Waals surface area contributed by atoms with E-state index >= 15 is 0 Å². The van der Waals surface area contributed by atoms with E-state index in [4.69, 9.17) is 9.47 Å². The van der Waals surface area contributed by atoms with Crippen molar-refractivity contribution in [1.82, 2.24) is 0 Å². The van der Waals surface area contributed by atoms with Crippen LogP contribution in [0.1, 0.15) is 11.1 Å². The predicted octanol–water partition coefficient (Wildman–Crippen LogP) is 3.58. The fourth-order valence-electron chi connectivity index (χ4n) is 2.28. The number of hydrogen-bond acceptors (Lipinski definition) is 7. The van der Waals surface area contributed by atoms with E-state index < -0.39 is 9.85 Å². The van der Waals surface area contributed by atoms with Crippen molar-refractivity contribution in [2.24, 2.45) is 0 Å². The lowest BCUT2D eigenvalue weighted by Crippen LogP contribution is -1.97. The second kappa shape index (κ2) is 7.76. The molecule has 0 radical (unpaired) electrons. The number of allylic oxidation sites excluding steroid dienone is 1. The monoisotopic (exact) mass is 355 g/mol. The van der Waals surface area contributed by atoms with Crippen LogP contribution in [-0.2, 0) is 0 Å². The van der Waals surface area contributed by atoms with Gasteiger partial charge in [0.1, 0.15) is 0 Å². The normalized spacial score (nSPS) is 10.7. The Bertz CT molecular complexity index is 946. The van der Waals surface area contributed by atoms with Gasteiger partial charge in [0.2, 0.25) is 0 Å². The number of hydrogen-bond donors (Lipinski definition) is 0. The zero-order valence-corrected chi connectivity index (χ0v) is 13.8. The second-order valence-corrected chi connectivity index (χ2v) is 5.00. The summed E-state index contributed by atoms with van der Waals surface area (Å²) in [5.41, 5.74) is -0.0724. The molecule has 26 heavy (non-hydrogen) atoms. The highest BCUT2D eigenvalue weighted by Gasteiger charge is 2.19. The lowest BCUT2D eigenvalue weighted by Gasteiger charge is -2.09. The van der Waals surface area contributed by atoms with Crippen LogP contribution in [0.5, 0.6) is 11.5 Å². The average molecular weight is 355 g/mol. The summed E-state index contributed by atoms with van der Waals surface area (Å²) in [4.78, 5) is 21.0. The van der Waals surface area contributed by atoms with E-state index in [1.54, 1.807) is 0 Å². The van der Waals surface area contributed by atoms with E-state index in [0.29, 0.717) is 0 Å². The molecule has 0 aliphatic rings. The summed E-state index contributed by atoms with van der Waals surface area (Å²) in [5.74, 6) is 0.422. The molecule has 0 saturated carbocycles. The molecule has 2 rings (SSSR count). The van der Waals surface area contributed by atoms with Crippen LogP contribution in [-0.4, -0.2) is 24.1 Å². The Kier molecular flexibility index (Phi) is 5.49. The molecule has 0 atom stereocenters. The number of benzene rings is 2. The van der Waals surface area contributed by atoms with Gasteiger partial charge in [0.25, 0.3) is 11.4 Å². The highest BCUT2D eigenvalue weighted by molar-refractivity contribution is 5.92. The summed E-state index contributed by atoms with van der Waals surface area (Å²) < 4.78 is 10.2. The van der Waals surface area contributed by atoms with Gasteiger partial charge in [0.15, 0.2) is 11.5 Å².